The molecule has 0 radical (unpaired) electrons. The molecule has 2 amide bonds. The molecule has 0 unspecified atom stereocenters. The molecule has 248 valence electrons. The van der Waals surface area contributed by atoms with Gasteiger partial charge < -0.3 is 0 Å². The molecule has 9 heteroatoms. The fourth-order valence-corrected chi connectivity index (χ4v) is 16.5. The van der Waals surface area contributed by atoms with Crippen LogP contribution in [0.1, 0.15) is 77.0 Å². The van der Waals surface area contributed by atoms with Crippen molar-refractivity contribution in [1.82, 2.24) is 0 Å². The Kier molecular flexibility index (Phi) is 10.1. The van der Waals surface area contributed by atoms with Gasteiger partial charge in [0.2, 0.25) is 0 Å². The molecule has 6 rings (SSSR count). The van der Waals surface area contributed by atoms with Crippen molar-refractivity contribution in [1.29, 1.82) is 0 Å². The summed E-state index contributed by atoms with van der Waals surface area (Å²) in [7, 11) is 2.98. The van der Waals surface area contributed by atoms with E-state index in [9.17, 15) is 9.59 Å². The van der Waals surface area contributed by atoms with Crippen LogP contribution >= 0.6 is 0 Å². The molecule has 0 saturated heterocycles. The van der Waals surface area contributed by atoms with Crippen LogP contribution in [0.15, 0.2) is 68.5 Å². The quantitative estimate of drug-likeness (QED) is 0.209. The third kappa shape index (κ3) is 6.01. The van der Waals surface area contributed by atoms with Gasteiger partial charge in [0.05, 0.1) is 0 Å². The van der Waals surface area contributed by atoms with Crippen LogP contribution in [0.25, 0.3) is 0 Å². The summed E-state index contributed by atoms with van der Waals surface area (Å²) in [5, 5.41) is 0. The Morgan fingerprint density at radius 2 is 1.00 bits per heavy atom. The first kappa shape index (κ1) is 33.7. The van der Waals surface area contributed by atoms with Crippen LogP contribution in [0.3, 0.4) is 0 Å². The third-order valence-corrected chi connectivity index (χ3v) is 18.6. The van der Waals surface area contributed by atoms with Crippen molar-refractivity contribution in [2.24, 2.45) is 11.8 Å². The van der Waals surface area contributed by atoms with E-state index in [1.165, 1.54) is 36.0 Å². The first-order valence-corrected chi connectivity index (χ1v) is 20.0. The van der Waals surface area contributed by atoms with Crippen LogP contribution in [0.2, 0.25) is 0 Å². The Labute approximate surface area is 278 Å². The van der Waals surface area contributed by atoms with Gasteiger partial charge in [0.1, 0.15) is 0 Å². The first-order chi connectivity index (χ1) is 22.7. The Hall–Kier alpha value is -3.23. The molecule has 4 aliphatic rings. The van der Waals surface area contributed by atoms with E-state index in [2.05, 4.69) is 0 Å². The number of anilines is 2. The molecule has 2 saturated carbocycles. The van der Waals surface area contributed by atoms with E-state index in [1.807, 2.05) is 12.2 Å². The van der Waals surface area contributed by atoms with E-state index in [0.717, 1.165) is 50.7 Å². The number of nitrogens with zero attached hydrogens (tertiary/aromatic N) is 2. The van der Waals surface area contributed by atoms with Gasteiger partial charge >= 0.3 is 279 Å². The molecule has 0 N–H and O–H groups in total. The third-order valence-electron chi connectivity index (χ3n) is 10.7. The second-order valence-electron chi connectivity index (χ2n) is 13.4. The Balaban J connectivity index is 1.57. The number of hydrogen-bond donors (Lipinski definition) is 0. The van der Waals surface area contributed by atoms with Gasteiger partial charge in [-0.15, -0.1) is 0 Å². The molecule has 0 heterocycles. The molecule has 0 bridgehead atoms. The fraction of sp³-hybridized carbons (Fsp3) is 0.421. The van der Waals surface area contributed by atoms with Gasteiger partial charge in [0, 0.05) is 0 Å². The normalized spacial score (nSPS) is 18.8. The second kappa shape index (κ2) is 14.1. The summed E-state index contributed by atoms with van der Waals surface area (Å²) in [6.07, 6.45) is 19.7. The number of halogens is 4. The summed E-state index contributed by atoms with van der Waals surface area (Å²) in [6.45, 7) is 0. The Bertz CT molecular complexity index is 1560. The van der Waals surface area contributed by atoms with Crippen LogP contribution in [-0.4, -0.2) is 25.9 Å². The van der Waals surface area contributed by atoms with Crippen molar-refractivity contribution in [3.8, 4) is 0 Å². The zero-order valence-corrected chi connectivity index (χ0v) is 28.7. The average Bonchev–Trinajstić information content (AvgIpc) is 3.83. The number of benzene rings is 2. The van der Waals surface area contributed by atoms with Crippen molar-refractivity contribution in [3.05, 3.63) is 91.7 Å². The summed E-state index contributed by atoms with van der Waals surface area (Å²) in [4.78, 5) is 29.7. The van der Waals surface area contributed by atoms with Crippen molar-refractivity contribution in [3.63, 3.8) is 0 Å². The molecular formula is C38H42F4N2O2Ti. The van der Waals surface area contributed by atoms with Gasteiger partial charge in [-0.05, 0) is 0 Å². The molecule has 2 aromatic carbocycles. The molecule has 4 aliphatic carbocycles. The van der Waals surface area contributed by atoms with Gasteiger partial charge in [-0.2, -0.15) is 0 Å². The summed E-state index contributed by atoms with van der Waals surface area (Å²) < 4.78 is 68.1. The minimum atomic E-state index is -5.14. The van der Waals surface area contributed by atoms with E-state index in [4.69, 9.17) is 0 Å². The van der Waals surface area contributed by atoms with Crippen LogP contribution < -0.4 is 17.5 Å². The summed E-state index contributed by atoms with van der Waals surface area (Å²) >= 11 is -5.14. The van der Waals surface area contributed by atoms with E-state index in [-0.39, 0.29) is 55.6 Å². The van der Waals surface area contributed by atoms with Gasteiger partial charge in [-0.3, -0.25) is 0 Å². The van der Waals surface area contributed by atoms with Crippen molar-refractivity contribution in [2.45, 2.75) is 77.0 Å². The van der Waals surface area contributed by atoms with Gasteiger partial charge in [-0.25, -0.2) is 0 Å². The molecule has 4 nitrogen and oxygen atoms in total. The van der Waals surface area contributed by atoms with Gasteiger partial charge in [0.15, 0.2) is 0 Å². The second-order valence-corrected chi connectivity index (χ2v) is 19.3. The van der Waals surface area contributed by atoms with Crippen LogP contribution in [0.4, 0.5) is 28.9 Å². The maximum absolute atomic E-state index is 17.3. The molecule has 0 spiro atoms. The summed E-state index contributed by atoms with van der Waals surface area (Å²) in [5.41, 5.74) is -0.210. The number of allylic oxidation sites excluding steroid dienone is 8. The molecule has 0 atom stereocenters. The van der Waals surface area contributed by atoms with E-state index >= 15 is 17.6 Å². The monoisotopic (exact) mass is 682 g/mol. The topological polar surface area (TPSA) is 40.6 Å². The molecule has 2 fully saturated rings. The van der Waals surface area contributed by atoms with Crippen molar-refractivity contribution < 1.29 is 43.7 Å². The molecular weight excluding hydrogens is 640 g/mol. The first-order valence-electron chi connectivity index (χ1n) is 16.9. The number of amides is 2. The SMILES string of the molecule is CN(C(=O)C1CCCCC1)c1ccc(F)[c]([Ti]([C]2=CC=CC2)([C]2=CC=CC2)[c]2c(F)ccc(N(C)C(=O)C3CCCCC3)c2F)c1F. The molecule has 47 heavy (non-hydrogen) atoms. The number of rotatable bonds is 8. The van der Waals surface area contributed by atoms with Crippen molar-refractivity contribution in [2.75, 3.05) is 23.9 Å². The standard InChI is InChI=1S/2C14H16F2NO.2C5H5.Ti/c2*1-17(13-8-7-11(15)9-12(13)16)14(18)10-5-3-2-4-6-10;2*1-2-4-5-3-1;/h2*7-8,10H,2-6H2,1H3;2*1-3H,4H2;. The maximum atomic E-state index is 17.3. The molecule has 2 aromatic rings. The number of hydrogen-bond acceptors (Lipinski definition) is 2. The van der Waals surface area contributed by atoms with Crippen LogP contribution in [0.5, 0.6) is 0 Å². The predicted molar refractivity (Wildman–Crippen MR) is 176 cm³/mol. The zero-order valence-electron chi connectivity index (χ0n) is 27.1. The summed E-state index contributed by atoms with van der Waals surface area (Å²) in [5.74, 6) is -4.75. The molecule has 0 aromatic heterocycles. The van der Waals surface area contributed by atoms with Crippen LogP contribution in [-0.2, 0) is 26.2 Å². The number of carbonyl (C=O) groups excluding carboxylic acids is 2. The number of carbonyl (C=O) groups is 2. The predicted octanol–water partition coefficient (Wildman–Crippen LogP) is 8.12. The van der Waals surface area contributed by atoms with Gasteiger partial charge in [0.25, 0.3) is 0 Å². The zero-order chi connectivity index (χ0) is 33.3. The summed E-state index contributed by atoms with van der Waals surface area (Å²) in [6, 6.07) is 4.76. The van der Waals surface area contributed by atoms with E-state index < -0.39 is 39.9 Å². The Morgan fingerprint density at radius 1 is 0.617 bits per heavy atom. The average molecular weight is 683 g/mol. The Morgan fingerprint density at radius 3 is 1.34 bits per heavy atom. The fourth-order valence-electron chi connectivity index (χ4n) is 8.20. The van der Waals surface area contributed by atoms with Crippen molar-refractivity contribution >= 4 is 30.9 Å². The van der Waals surface area contributed by atoms with Crippen LogP contribution in [0, 0.1) is 35.1 Å². The van der Waals surface area contributed by atoms with E-state index in [1.54, 1.807) is 24.3 Å². The van der Waals surface area contributed by atoms with Gasteiger partial charge in [-0.1, -0.05) is 0 Å². The van der Waals surface area contributed by atoms with E-state index in [0.29, 0.717) is 33.4 Å². The molecule has 0 aliphatic heterocycles. The minimum absolute atomic E-state index is 0.105.